The number of halogens is 1. The summed E-state index contributed by atoms with van der Waals surface area (Å²) in [6, 6.07) is 6.05. The summed E-state index contributed by atoms with van der Waals surface area (Å²) in [5.74, 6) is 1.94. The third kappa shape index (κ3) is 3.84. The molecule has 1 heterocycles. The van der Waals surface area contributed by atoms with Crippen molar-refractivity contribution in [2.45, 2.75) is 26.4 Å². The lowest BCUT2D eigenvalue weighted by Crippen LogP contribution is -2.18. The second-order valence-corrected chi connectivity index (χ2v) is 5.52. The van der Waals surface area contributed by atoms with Crippen LogP contribution in [0.25, 0.3) is 0 Å². The van der Waals surface area contributed by atoms with Gasteiger partial charge in [0.15, 0.2) is 0 Å². The first-order valence-corrected chi connectivity index (χ1v) is 7.57. The molecule has 0 aliphatic rings. The van der Waals surface area contributed by atoms with Crippen molar-refractivity contribution in [3.05, 3.63) is 46.5 Å². The minimum absolute atomic E-state index is 0.756. The molecule has 0 spiro atoms. The van der Waals surface area contributed by atoms with Crippen LogP contribution in [0.3, 0.4) is 0 Å². The highest BCUT2D eigenvalue weighted by Gasteiger charge is 2.08. The first-order chi connectivity index (χ1) is 9.74. The SMILES string of the molecule is CCCNCc1nccn1Cc1cc(Br)ccc1OC. The van der Waals surface area contributed by atoms with Gasteiger partial charge in [-0.25, -0.2) is 4.98 Å². The molecule has 0 saturated carbocycles. The maximum Gasteiger partial charge on any atom is 0.123 e. The molecule has 0 unspecified atom stereocenters. The summed E-state index contributed by atoms with van der Waals surface area (Å²) >= 11 is 3.51. The van der Waals surface area contributed by atoms with Gasteiger partial charge in [0.1, 0.15) is 11.6 Å². The van der Waals surface area contributed by atoms with Crippen LogP contribution < -0.4 is 10.1 Å². The first-order valence-electron chi connectivity index (χ1n) is 6.77. The molecule has 1 aromatic heterocycles. The summed E-state index contributed by atoms with van der Waals surface area (Å²) in [5.41, 5.74) is 1.14. The number of benzene rings is 1. The Kier molecular flexibility index (Phi) is 5.61. The van der Waals surface area contributed by atoms with Crippen molar-refractivity contribution in [1.82, 2.24) is 14.9 Å². The fourth-order valence-electron chi connectivity index (χ4n) is 2.08. The molecule has 0 saturated heterocycles. The van der Waals surface area contributed by atoms with E-state index in [2.05, 4.69) is 43.8 Å². The highest BCUT2D eigenvalue weighted by Crippen LogP contribution is 2.24. The highest BCUT2D eigenvalue weighted by molar-refractivity contribution is 9.10. The third-order valence-corrected chi connectivity index (χ3v) is 3.59. The standard InChI is InChI=1S/C15H20BrN3O/c1-3-6-17-10-15-18-7-8-19(15)11-12-9-13(16)4-5-14(12)20-2/h4-5,7-9,17H,3,6,10-11H2,1-2H3. The van der Waals surface area contributed by atoms with E-state index in [0.717, 1.165) is 47.7 Å². The van der Waals surface area contributed by atoms with E-state index in [9.17, 15) is 0 Å². The van der Waals surface area contributed by atoms with Crippen molar-refractivity contribution in [3.8, 4) is 5.75 Å². The van der Waals surface area contributed by atoms with Crippen molar-refractivity contribution in [2.24, 2.45) is 0 Å². The number of methoxy groups -OCH3 is 1. The zero-order valence-electron chi connectivity index (χ0n) is 11.9. The molecule has 4 nitrogen and oxygen atoms in total. The van der Waals surface area contributed by atoms with Crippen molar-refractivity contribution in [3.63, 3.8) is 0 Å². The molecule has 0 amide bonds. The lowest BCUT2D eigenvalue weighted by atomic mass is 10.2. The number of imidazole rings is 1. The zero-order chi connectivity index (χ0) is 14.4. The number of aromatic nitrogens is 2. The molecular weight excluding hydrogens is 318 g/mol. The van der Waals surface area contributed by atoms with Gasteiger partial charge >= 0.3 is 0 Å². The number of hydrogen-bond donors (Lipinski definition) is 1. The molecule has 5 heteroatoms. The third-order valence-electron chi connectivity index (χ3n) is 3.09. The minimum atomic E-state index is 0.756. The Bertz CT molecular complexity index is 554. The molecule has 0 bridgehead atoms. The molecule has 0 atom stereocenters. The molecule has 2 aromatic rings. The van der Waals surface area contributed by atoms with Gasteiger partial charge in [0, 0.05) is 22.4 Å². The van der Waals surface area contributed by atoms with Crippen LogP contribution in [0.1, 0.15) is 24.7 Å². The van der Waals surface area contributed by atoms with Crippen LogP contribution in [0.15, 0.2) is 35.1 Å². The van der Waals surface area contributed by atoms with E-state index in [1.165, 1.54) is 0 Å². The fourth-order valence-corrected chi connectivity index (χ4v) is 2.49. The predicted octanol–water partition coefficient (Wildman–Crippen LogP) is 3.20. The average molecular weight is 338 g/mol. The van der Waals surface area contributed by atoms with Gasteiger partial charge in [0.2, 0.25) is 0 Å². The summed E-state index contributed by atoms with van der Waals surface area (Å²) in [5, 5.41) is 3.38. The lowest BCUT2D eigenvalue weighted by molar-refractivity contribution is 0.408. The Morgan fingerprint density at radius 2 is 2.25 bits per heavy atom. The Labute approximate surface area is 128 Å². The fraction of sp³-hybridized carbons (Fsp3) is 0.400. The van der Waals surface area contributed by atoms with Crippen LogP contribution in [0.2, 0.25) is 0 Å². The molecule has 0 aliphatic heterocycles. The van der Waals surface area contributed by atoms with Crippen LogP contribution in [-0.4, -0.2) is 23.2 Å². The molecule has 1 N–H and O–H groups in total. The second kappa shape index (κ2) is 7.45. The molecular formula is C15H20BrN3O. The monoisotopic (exact) mass is 337 g/mol. The van der Waals surface area contributed by atoms with E-state index in [1.54, 1.807) is 7.11 Å². The van der Waals surface area contributed by atoms with Crippen LogP contribution >= 0.6 is 15.9 Å². The maximum absolute atomic E-state index is 5.42. The van der Waals surface area contributed by atoms with E-state index >= 15 is 0 Å². The Morgan fingerprint density at radius 3 is 3.00 bits per heavy atom. The molecule has 1 aromatic carbocycles. The van der Waals surface area contributed by atoms with E-state index < -0.39 is 0 Å². The number of nitrogens with one attached hydrogen (secondary N) is 1. The van der Waals surface area contributed by atoms with Crippen LogP contribution in [0.5, 0.6) is 5.75 Å². The quantitative estimate of drug-likeness (QED) is 0.788. The van der Waals surface area contributed by atoms with Gasteiger partial charge in [-0.3, -0.25) is 0 Å². The summed E-state index contributed by atoms with van der Waals surface area (Å²) in [6.07, 6.45) is 4.97. The van der Waals surface area contributed by atoms with Gasteiger partial charge in [0.05, 0.1) is 20.2 Å². The van der Waals surface area contributed by atoms with Crippen molar-refractivity contribution in [2.75, 3.05) is 13.7 Å². The second-order valence-electron chi connectivity index (χ2n) is 4.60. The molecule has 2 rings (SSSR count). The van der Waals surface area contributed by atoms with Gasteiger partial charge in [-0.15, -0.1) is 0 Å². The number of hydrogen-bond acceptors (Lipinski definition) is 3. The van der Waals surface area contributed by atoms with Gasteiger partial charge < -0.3 is 14.6 Å². The Morgan fingerprint density at radius 1 is 1.40 bits per heavy atom. The van der Waals surface area contributed by atoms with Crippen LogP contribution in [-0.2, 0) is 13.1 Å². The topological polar surface area (TPSA) is 39.1 Å². The average Bonchev–Trinajstić information content (AvgIpc) is 2.87. The first kappa shape index (κ1) is 15.1. The Balaban J connectivity index is 2.14. The lowest BCUT2D eigenvalue weighted by Gasteiger charge is -2.12. The van der Waals surface area contributed by atoms with Crippen molar-refractivity contribution >= 4 is 15.9 Å². The summed E-state index contributed by atoms with van der Waals surface area (Å²) in [4.78, 5) is 4.41. The molecule has 0 aliphatic carbocycles. The summed E-state index contributed by atoms with van der Waals surface area (Å²) < 4.78 is 8.62. The van der Waals surface area contributed by atoms with Crippen molar-refractivity contribution in [1.29, 1.82) is 0 Å². The zero-order valence-corrected chi connectivity index (χ0v) is 13.5. The molecule has 108 valence electrons. The summed E-state index contributed by atoms with van der Waals surface area (Å²) in [6.45, 7) is 4.71. The van der Waals surface area contributed by atoms with Crippen molar-refractivity contribution < 1.29 is 4.74 Å². The van der Waals surface area contributed by atoms with Gasteiger partial charge in [-0.2, -0.15) is 0 Å². The van der Waals surface area contributed by atoms with Gasteiger partial charge in [0.25, 0.3) is 0 Å². The smallest absolute Gasteiger partial charge is 0.123 e. The van der Waals surface area contributed by atoms with E-state index in [4.69, 9.17) is 4.74 Å². The molecule has 20 heavy (non-hydrogen) atoms. The van der Waals surface area contributed by atoms with Gasteiger partial charge in [-0.05, 0) is 31.2 Å². The predicted molar refractivity (Wildman–Crippen MR) is 84.0 cm³/mol. The Hall–Kier alpha value is -1.33. The normalized spacial score (nSPS) is 10.8. The number of rotatable bonds is 7. The summed E-state index contributed by atoms with van der Waals surface area (Å²) in [7, 11) is 1.70. The highest BCUT2D eigenvalue weighted by atomic mass is 79.9. The largest absolute Gasteiger partial charge is 0.496 e. The van der Waals surface area contributed by atoms with E-state index in [0.29, 0.717) is 0 Å². The molecule has 0 radical (unpaired) electrons. The van der Waals surface area contributed by atoms with Crippen LogP contribution in [0, 0.1) is 0 Å². The maximum atomic E-state index is 5.42. The molecule has 0 fully saturated rings. The minimum Gasteiger partial charge on any atom is -0.496 e. The van der Waals surface area contributed by atoms with Gasteiger partial charge in [-0.1, -0.05) is 22.9 Å². The number of ether oxygens (including phenoxy) is 1. The van der Waals surface area contributed by atoms with E-state index in [-0.39, 0.29) is 0 Å². The number of nitrogens with zero attached hydrogens (tertiary/aromatic N) is 2. The van der Waals surface area contributed by atoms with Crippen LogP contribution in [0.4, 0.5) is 0 Å². The van der Waals surface area contributed by atoms with E-state index in [1.807, 2.05) is 24.5 Å².